The smallest absolute Gasteiger partial charge is 0.262 e. The number of aromatic hydroxyl groups is 1. The predicted molar refractivity (Wildman–Crippen MR) is 59.8 cm³/mol. The molecule has 17 heavy (non-hydrogen) atoms. The first kappa shape index (κ1) is 12.7. The van der Waals surface area contributed by atoms with Gasteiger partial charge in [-0.1, -0.05) is 0 Å². The van der Waals surface area contributed by atoms with Crippen molar-refractivity contribution in [2.45, 2.75) is 13.5 Å². The third-order valence-electron chi connectivity index (χ3n) is 2.09. The normalized spacial score (nSPS) is 11.3. The number of nitrogens with two attached hydrogens (primary N) is 2. The van der Waals surface area contributed by atoms with Gasteiger partial charge < -0.3 is 21.8 Å². The molecule has 7 N–H and O–H groups in total. The first-order valence-electron chi connectivity index (χ1n) is 4.64. The van der Waals surface area contributed by atoms with Crippen molar-refractivity contribution < 1.29 is 15.0 Å². The third kappa shape index (κ3) is 2.61. The first-order valence-corrected chi connectivity index (χ1v) is 4.64. The topological polar surface area (TPSA) is 147 Å². The number of aromatic nitrogens is 1. The Morgan fingerprint density at radius 3 is 2.82 bits per heavy atom. The summed E-state index contributed by atoms with van der Waals surface area (Å²) < 4.78 is 0. The molecule has 0 aliphatic rings. The number of nitrogens with one attached hydrogen (secondary N) is 1. The van der Waals surface area contributed by atoms with Crippen molar-refractivity contribution >= 4 is 11.9 Å². The fourth-order valence-electron chi connectivity index (χ4n) is 1.22. The minimum Gasteiger partial charge on any atom is -0.505 e. The van der Waals surface area contributed by atoms with Crippen LogP contribution in [0.25, 0.3) is 0 Å². The second-order valence-electron chi connectivity index (χ2n) is 3.22. The van der Waals surface area contributed by atoms with Crippen molar-refractivity contribution in [2.75, 3.05) is 0 Å². The highest BCUT2D eigenvalue weighted by Crippen LogP contribution is 2.23. The predicted octanol–water partition coefficient (Wildman–Crippen LogP) is -1.49. The molecule has 1 amide bonds. The number of guanidine groups is 1. The van der Waals surface area contributed by atoms with E-state index < -0.39 is 12.5 Å². The third-order valence-corrected chi connectivity index (χ3v) is 2.09. The summed E-state index contributed by atoms with van der Waals surface area (Å²) in [6, 6.07) is 0. The summed E-state index contributed by atoms with van der Waals surface area (Å²) in [6.07, 6.45) is 1.29. The van der Waals surface area contributed by atoms with Crippen molar-refractivity contribution in [2.24, 2.45) is 16.7 Å². The number of hydrogen-bond donors (Lipinski definition) is 5. The van der Waals surface area contributed by atoms with E-state index in [1.807, 2.05) is 0 Å². The molecule has 1 aromatic heterocycles. The minimum absolute atomic E-state index is 0.105. The van der Waals surface area contributed by atoms with Gasteiger partial charge in [-0.15, -0.1) is 5.10 Å². The average Bonchev–Trinajstić information content (AvgIpc) is 2.31. The molecule has 0 bridgehead atoms. The highest BCUT2D eigenvalue weighted by Gasteiger charge is 2.19. The Morgan fingerprint density at radius 1 is 1.65 bits per heavy atom. The molecule has 0 aliphatic carbocycles. The van der Waals surface area contributed by atoms with Crippen LogP contribution in [0.1, 0.15) is 21.6 Å². The first-order chi connectivity index (χ1) is 8.01. The monoisotopic (exact) mass is 239 g/mol. The molecule has 0 saturated heterocycles. The molecule has 0 unspecified atom stereocenters. The SMILES string of the molecule is Cc1ncc(CO)c(C(=O)N/C(N)=N\N)c1O. The van der Waals surface area contributed by atoms with Crippen molar-refractivity contribution in [1.82, 2.24) is 10.3 Å². The number of carbonyl (C=O) groups excluding carboxylic acids is 1. The summed E-state index contributed by atoms with van der Waals surface area (Å²) in [5.41, 5.74) is 5.56. The Kier molecular flexibility index (Phi) is 3.83. The van der Waals surface area contributed by atoms with Crippen LogP contribution in [-0.4, -0.2) is 27.1 Å². The van der Waals surface area contributed by atoms with Crippen LogP contribution in [0.15, 0.2) is 11.3 Å². The standard InChI is InChI=1S/C9H13N5O3/c1-4-7(16)6(5(3-15)2-12-4)8(17)13-9(10)14-11/h2,15-16H,3,11H2,1H3,(H3,10,13,14,17). The summed E-state index contributed by atoms with van der Waals surface area (Å²) in [5.74, 6) is 3.52. The van der Waals surface area contributed by atoms with Crippen LogP contribution < -0.4 is 16.9 Å². The molecule has 0 aliphatic heterocycles. The summed E-state index contributed by atoms with van der Waals surface area (Å²) >= 11 is 0. The zero-order chi connectivity index (χ0) is 13.0. The largest absolute Gasteiger partial charge is 0.505 e. The lowest BCUT2D eigenvalue weighted by Gasteiger charge is -2.10. The van der Waals surface area contributed by atoms with E-state index in [2.05, 4.69) is 15.4 Å². The van der Waals surface area contributed by atoms with E-state index in [9.17, 15) is 9.90 Å². The van der Waals surface area contributed by atoms with E-state index in [1.165, 1.54) is 13.1 Å². The van der Waals surface area contributed by atoms with Crippen molar-refractivity contribution in [3.63, 3.8) is 0 Å². The summed E-state index contributed by atoms with van der Waals surface area (Å²) in [5, 5.41) is 24.0. The Morgan fingerprint density at radius 2 is 2.29 bits per heavy atom. The number of hydrogen-bond acceptors (Lipinski definition) is 6. The van der Waals surface area contributed by atoms with Gasteiger partial charge in [0.15, 0.2) is 0 Å². The van der Waals surface area contributed by atoms with E-state index >= 15 is 0 Å². The molecule has 0 radical (unpaired) electrons. The Bertz CT molecular complexity index is 472. The molecule has 8 nitrogen and oxygen atoms in total. The lowest BCUT2D eigenvalue weighted by Crippen LogP contribution is -2.38. The number of aliphatic hydroxyl groups excluding tert-OH is 1. The van der Waals surface area contributed by atoms with Gasteiger partial charge in [0.05, 0.1) is 17.9 Å². The van der Waals surface area contributed by atoms with Gasteiger partial charge in [0, 0.05) is 11.8 Å². The number of carbonyl (C=O) groups is 1. The number of pyridine rings is 1. The lowest BCUT2D eigenvalue weighted by atomic mass is 10.1. The minimum atomic E-state index is -0.719. The number of hydrazone groups is 1. The van der Waals surface area contributed by atoms with Gasteiger partial charge >= 0.3 is 0 Å². The van der Waals surface area contributed by atoms with E-state index in [0.717, 1.165) is 0 Å². The maximum Gasteiger partial charge on any atom is 0.262 e. The molecule has 0 fully saturated rings. The molecular formula is C9H13N5O3. The zero-order valence-corrected chi connectivity index (χ0v) is 9.14. The molecule has 1 heterocycles. The molecule has 92 valence electrons. The number of nitrogens with zero attached hydrogens (tertiary/aromatic N) is 2. The summed E-state index contributed by atoms with van der Waals surface area (Å²) in [6.45, 7) is 1.08. The Labute approximate surface area is 97.0 Å². The molecule has 0 spiro atoms. The number of aryl methyl sites for hydroxylation is 1. The second-order valence-corrected chi connectivity index (χ2v) is 3.22. The van der Waals surface area contributed by atoms with Gasteiger partial charge in [-0.2, -0.15) is 0 Å². The maximum absolute atomic E-state index is 11.7. The van der Waals surface area contributed by atoms with Crippen LogP contribution in [0.4, 0.5) is 0 Å². The van der Waals surface area contributed by atoms with Gasteiger partial charge in [0.25, 0.3) is 5.91 Å². The fourth-order valence-corrected chi connectivity index (χ4v) is 1.22. The van der Waals surface area contributed by atoms with Crippen LogP contribution in [-0.2, 0) is 6.61 Å². The Hall–Kier alpha value is -2.35. The number of amides is 1. The van der Waals surface area contributed by atoms with Crippen LogP contribution in [0, 0.1) is 6.92 Å². The fraction of sp³-hybridized carbons (Fsp3) is 0.222. The molecule has 0 saturated carbocycles. The molecule has 0 aromatic carbocycles. The van der Waals surface area contributed by atoms with Crippen molar-refractivity contribution in [3.05, 3.63) is 23.0 Å². The highest BCUT2D eigenvalue weighted by molar-refractivity contribution is 6.07. The van der Waals surface area contributed by atoms with Crippen LogP contribution in [0.2, 0.25) is 0 Å². The van der Waals surface area contributed by atoms with Crippen molar-refractivity contribution in [1.29, 1.82) is 0 Å². The van der Waals surface area contributed by atoms with Gasteiger partial charge in [0.2, 0.25) is 5.96 Å². The molecule has 1 aromatic rings. The van der Waals surface area contributed by atoms with E-state index in [-0.39, 0.29) is 28.5 Å². The quantitative estimate of drug-likeness (QED) is 0.184. The van der Waals surface area contributed by atoms with Gasteiger partial charge in [0.1, 0.15) is 5.75 Å². The van der Waals surface area contributed by atoms with E-state index in [1.54, 1.807) is 0 Å². The van der Waals surface area contributed by atoms with Crippen LogP contribution in [0.5, 0.6) is 5.75 Å². The molecule has 8 heteroatoms. The van der Waals surface area contributed by atoms with Gasteiger partial charge in [-0.25, -0.2) is 0 Å². The van der Waals surface area contributed by atoms with Gasteiger partial charge in [-0.05, 0) is 6.92 Å². The molecule has 1 rings (SSSR count). The summed E-state index contributed by atoms with van der Waals surface area (Å²) in [4.78, 5) is 15.6. The second kappa shape index (κ2) is 5.12. The lowest BCUT2D eigenvalue weighted by molar-refractivity contribution is 0.0970. The van der Waals surface area contributed by atoms with Crippen LogP contribution in [0.3, 0.4) is 0 Å². The zero-order valence-electron chi connectivity index (χ0n) is 9.14. The number of rotatable bonds is 2. The van der Waals surface area contributed by atoms with Crippen LogP contribution >= 0.6 is 0 Å². The molecular weight excluding hydrogens is 226 g/mol. The average molecular weight is 239 g/mol. The van der Waals surface area contributed by atoms with Gasteiger partial charge in [-0.3, -0.25) is 15.1 Å². The maximum atomic E-state index is 11.7. The van der Waals surface area contributed by atoms with E-state index in [4.69, 9.17) is 16.7 Å². The summed E-state index contributed by atoms with van der Waals surface area (Å²) in [7, 11) is 0. The van der Waals surface area contributed by atoms with E-state index in [0.29, 0.717) is 0 Å². The molecule has 0 atom stereocenters. The highest BCUT2D eigenvalue weighted by atomic mass is 16.3. The van der Waals surface area contributed by atoms with Crippen molar-refractivity contribution in [3.8, 4) is 5.75 Å². The Balaban J connectivity index is 3.19. The number of aliphatic hydroxyl groups is 1.